The highest BCUT2D eigenvalue weighted by Gasteiger charge is 2.26. The molecule has 4 rings (SSSR count). The van der Waals surface area contributed by atoms with Gasteiger partial charge in [0.1, 0.15) is 5.82 Å². The van der Waals surface area contributed by atoms with Crippen LogP contribution in [0.25, 0.3) is 11.0 Å². The molecule has 0 spiro atoms. The van der Waals surface area contributed by atoms with E-state index in [4.69, 9.17) is 10.7 Å². The number of para-hydroxylation sites is 2. The normalized spacial score (nSPS) is 14.9. The Morgan fingerprint density at radius 1 is 1.11 bits per heavy atom. The molecular weight excluding hydrogens is 372 g/mol. The molecule has 1 aliphatic rings. The fourth-order valence-corrected chi connectivity index (χ4v) is 4.04. The topological polar surface area (TPSA) is 64.2 Å². The molecule has 1 aliphatic heterocycles. The van der Waals surface area contributed by atoms with E-state index >= 15 is 0 Å². The van der Waals surface area contributed by atoms with E-state index in [-0.39, 0.29) is 18.3 Å². The standard InChI is InChI=1S/C22H26N4O.ClH/c1-2-21-24-19-5-3-4-6-20(19)26(21)18-11-13-25(14-12-18)22(27)17-9-7-16(15-23)8-10-17;/h3-10,18H,2,11-15,23H2,1H3;1H. The number of carbonyl (C=O) groups is 1. The second kappa shape index (κ2) is 8.76. The lowest BCUT2D eigenvalue weighted by Crippen LogP contribution is -2.39. The Morgan fingerprint density at radius 2 is 1.79 bits per heavy atom. The van der Waals surface area contributed by atoms with Crippen LogP contribution in [0.15, 0.2) is 48.5 Å². The summed E-state index contributed by atoms with van der Waals surface area (Å²) in [6, 6.07) is 16.4. The molecule has 0 saturated carbocycles. The average molecular weight is 399 g/mol. The Hall–Kier alpha value is -2.37. The Morgan fingerprint density at radius 3 is 2.43 bits per heavy atom. The summed E-state index contributed by atoms with van der Waals surface area (Å²) in [5, 5.41) is 0. The van der Waals surface area contributed by atoms with Crippen molar-refractivity contribution < 1.29 is 4.79 Å². The summed E-state index contributed by atoms with van der Waals surface area (Å²) in [4.78, 5) is 19.6. The molecule has 1 saturated heterocycles. The van der Waals surface area contributed by atoms with Crippen LogP contribution in [0.4, 0.5) is 0 Å². The van der Waals surface area contributed by atoms with Crippen LogP contribution < -0.4 is 5.73 Å². The summed E-state index contributed by atoms with van der Waals surface area (Å²) in [6.45, 7) is 4.20. The number of benzene rings is 2. The van der Waals surface area contributed by atoms with Crippen LogP contribution in [0, 0.1) is 0 Å². The van der Waals surface area contributed by atoms with E-state index in [1.54, 1.807) is 0 Å². The zero-order valence-electron chi connectivity index (χ0n) is 16.2. The lowest BCUT2D eigenvalue weighted by Gasteiger charge is -2.33. The van der Waals surface area contributed by atoms with Gasteiger partial charge in [0.15, 0.2) is 0 Å². The highest BCUT2D eigenvalue weighted by molar-refractivity contribution is 5.94. The van der Waals surface area contributed by atoms with Crippen molar-refractivity contribution in [1.82, 2.24) is 14.5 Å². The number of fused-ring (bicyclic) bond motifs is 1. The van der Waals surface area contributed by atoms with E-state index in [0.29, 0.717) is 12.6 Å². The third-order valence-electron chi connectivity index (χ3n) is 5.54. The molecule has 1 fully saturated rings. The number of nitrogens with zero attached hydrogens (tertiary/aromatic N) is 3. The van der Waals surface area contributed by atoms with E-state index in [1.165, 1.54) is 5.52 Å². The quantitative estimate of drug-likeness (QED) is 0.723. The molecule has 1 aromatic heterocycles. The number of carbonyl (C=O) groups excluding carboxylic acids is 1. The molecule has 0 unspecified atom stereocenters. The van der Waals surface area contributed by atoms with Gasteiger partial charge in [-0.25, -0.2) is 4.98 Å². The van der Waals surface area contributed by atoms with Crippen LogP contribution in [-0.2, 0) is 13.0 Å². The molecule has 2 aromatic carbocycles. The molecular formula is C22H27ClN4O. The molecule has 0 radical (unpaired) electrons. The van der Waals surface area contributed by atoms with Gasteiger partial charge in [-0.2, -0.15) is 0 Å². The maximum atomic E-state index is 12.8. The van der Waals surface area contributed by atoms with E-state index < -0.39 is 0 Å². The van der Waals surface area contributed by atoms with Crippen LogP contribution in [0.3, 0.4) is 0 Å². The van der Waals surface area contributed by atoms with Crippen molar-refractivity contribution in [3.63, 3.8) is 0 Å². The van der Waals surface area contributed by atoms with Crippen LogP contribution >= 0.6 is 12.4 Å². The maximum absolute atomic E-state index is 12.8. The fourth-order valence-electron chi connectivity index (χ4n) is 4.04. The third-order valence-corrected chi connectivity index (χ3v) is 5.54. The molecule has 0 aliphatic carbocycles. The van der Waals surface area contributed by atoms with Crippen molar-refractivity contribution in [2.75, 3.05) is 13.1 Å². The summed E-state index contributed by atoms with van der Waals surface area (Å²) in [5.41, 5.74) is 9.70. The number of imidazole rings is 1. The smallest absolute Gasteiger partial charge is 0.253 e. The predicted octanol–water partition coefficient (Wildman–Crippen LogP) is 3.96. The third kappa shape index (κ3) is 3.77. The first kappa shape index (κ1) is 20.4. The van der Waals surface area contributed by atoms with Gasteiger partial charge in [0.25, 0.3) is 5.91 Å². The van der Waals surface area contributed by atoms with Crippen molar-refractivity contribution in [1.29, 1.82) is 0 Å². The highest BCUT2D eigenvalue weighted by Crippen LogP contribution is 2.29. The minimum absolute atomic E-state index is 0. The van der Waals surface area contributed by atoms with Gasteiger partial charge in [-0.05, 0) is 42.7 Å². The number of piperidine rings is 1. The zero-order chi connectivity index (χ0) is 18.8. The van der Waals surface area contributed by atoms with Gasteiger partial charge < -0.3 is 15.2 Å². The first-order valence-corrected chi connectivity index (χ1v) is 9.75. The minimum Gasteiger partial charge on any atom is -0.338 e. The Kier molecular flexibility index (Phi) is 6.37. The number of halogens is 1. The summed E-state index contributed by atoms with van der Waals surface area (Å²) < 4.78 is 2.40. The lowest BCUT2D eigenvalue weighted by molar-refractivity contribution is 0.0695. The molecule has 148 valence electrons. The second-order valence-electron chi connectivity index (χ2n) is 7.16. The number of nitrogens with two attached hydrogens (primary N) is 1. The number of aromatic nitrogens is 2. The molecule has 2 N–H and O–H groups in total. The van der Waals surface area contributed by atoms with Gasteiger partial charge in [0, 0.05) is 37.7 Å². The molecule has 6 heteroatoms. The molecule has 5 nitrogen and oxygen atoms in total. The predicted molar refractivity (Wildman–Crippen MR) is 115 cm³/mol. The largest absolute Gasteiger partial charge is 0.338 e. The van der Waals surface area contributed by atoms with Gasteiger partial charge >= 0.3 is 0 Å². The summed E-state index contributed by atoms with van der Waals surface area (Å²) in [7, 11) is 0. The van der Waals surface area contributed by atoms with Crippen LogP contribution in [0.2, 0.25) is 0 Å². The van der Waals surface area contributed by atoms with E-state index in [2.05, 4.69) is 29.7 Å². The van der Waals surface area contributed by atoms with E-state index in [0.717, 1.165) is 54.8 Å². The summed E-state index contributed by atoms with van der Waals surface area (Å²) >= 11 is 0. The maximum Gasteiger partial charge on any atom is 0.253 e. The SMILES string of the molecule is CCc1nc2ccccc2n1C1CCN(C(=O)c2ccc(CN)cc2)CC1.Cl. The zero-order valence-corrected chi connectivity index (χ0v) is 17.0. The number of likely N-dealkylation sites (tertiary alicyclic amines) is 1. The number of hydrogen-bond acceptors (Lipinski definition) is 3. The number of aryl methyl sites for hydroxylation is 1. The first-order chi connectivity index (χ1) is 13.2. The molecule has 28 heavy (non-hydrogen) atoms. The van der Waals surface area contributed by atoms with Crippen LogP contribution in [0.5, 0.6) is 0 Å². The average Bonchev–Trinajstić information content (AvgIpc) is 3.12. The molecule has 3 aromatic rings. The fraction of sp³-hybridized carbons (Fsp3) is 0.364. The van der Waals surface area contributed by atoms with Gasteiger partial charge in [-0.3, -0.25) is 4.79 Å². The number of amides is 1. The van der Waals surface area contributed by atoms with Crippen LogP contribution in [-0.4, -0.2) is 33.4 Å². The van der Waals surface area contributed by atoms with Crippen molar-refractivity contribution in [3.8, 4) is 0 Å². The lowest BCUT2D eigenvalue weighted by atomic mass is 10.0. The minimum atomic E-state index is 0. The van der Waals surface area contributed by atoms with Gasteiger partial charge in [0.05, 0.1) is 11.0 Å². The van der Waals surface area contributed by atoms with E-state index in [9.17, 15) is 4.79 Å². The van der Waals surface area contributed by atoms with Crippen LogP contribution in [0.1, 0.15) is 47.6 Å². The van der Waals surface area contributed by atoms with Gasteiger partial charge in [-0.15, -0.1) is 12.4 Å². The number of hydrogen-bond donors (Lipinski definition) is 1. The monoisotopic (exact) mass is 398 g/mol. The molecule has 0 bridgehead atoms. The van der Waals surface area contributed by atoms with E-state index in [1.807, 2.05) is 35.2 Å². The Labute approximate surface area is 172 Å². The van der Waals surface area contributed by atoms with Gasteiger partial charge in [0.2, 0.25) is 0 Å². The summed E-state index contributed by atoms with van der Waals surface area (Å²) in [5.74, 6) is 1.25. The highest BCUT2D eigenvalue weighted by atomic mass is 35.5. The van der Waals surface area contributed by atoms with Crippen molar-refractivity contribution in [2.45, 2.75) is 38.8 Å². The number of rotatable bonds is 4. The molecule has 1 amide bonds. The Balaban J connectivity index is 0.00000225. The Bertz CT molecular complexity index is 943. The molecule has 2 heterocycles. The first-order valence-electron chi connectivity index (χ1n) is 9.75. The van der Waals surface area contributed by atoms with Gasteiger partial charge in [-0.1, -0.05) is 31.2 Å². The second-order valence-corrected chi connectivity index (χ2v) is 7.16. The summed E-state index contributed by atoms with van der Waals surface area (Å²) in [6.07, 6.45) is 2.83. The molecule has 0 atom stereocenters. The van der Waals surface area contributed by atoms with Crippen molar-refractivity contribution in [2.24, 2.45) is 5.73 Å². The van der Waals surface area contributed by atoms with Crippen molar-refractivity contribution in [3.05, 3.63) is 65.5 Å². The van der Waals surface area contributed by atoms with Crippen molar-refractivity contribution >= 4 is 29.3 Å².